The van der Waals surface area contributed by atoms with E-state index in [9.17, 15) is 13.6 Å². The van der Waals surface area contributed by atoms with E-state index in [1.54, 1.807) is 30.6 Å². The summed E-state index contributed by atoms with van der Waals surface area (Å²) in [5.74, 6) is -0.0250. The number of nitrogens with one attached hydrogen (secondary N) is 2. The summed E-state index contributed by atoms with van der Waals surface area (Å²) in [5, 5.41) is 13.6. The molecule has 5 rings (SSSR count). The highest BCUT2D eigenvalue weighted by Crippen LogP contribution is 2.44. The molecule has 10 heteroatoms. The lowest BCUT2D eigenvalue weighted by molar-refractivity contribution is -0.0494. The third-order valence-electron chi connectivity index (χ3n) is 4.95. The summed E-state index contributed by atoms with van der Waals surface area (Å²) >= 11 is 0. The molecule has 0 aliphatic heterocycles. The van der Waals surface area contributed by atoms with E-state index in [2.05, 4.69) is 25.6 Å². The van der Waals surface area contributed by atoms with Gasteiger partial charge in [0.25, 0.3) is 5.91 Å². The predicted octanol–water partition coefficient (Wildman–Crippen LogP) is 3.85. The Morgan fingerprint density at radius 1 is 1.30 bits per heavy atom. The molecule has 1 fully saturated rings. The van der Waals surface area contributed by atoms with Crippen molar-refractivity contribution in [3.63, 3.8) is 0 Å². The van der Waals surface area contributed by atoms with Gasteiger partial charge in [-0.3, -0.25) is 9.89 Å². The smallest absolute Gasteiger partial charge is 0.387 e. The molecule has 3 heterocycles. The highest BCUT2D eigenvalue weighted by molar-refractivity contribution is 6.09. The number of halogens is 2. The van der Waals surface area contributed by atoms with Gasteiger partial charge in [0.1, 0.15) is 11.3 Å². The number of hydrogen-bond donors (Lipinski definition) is 2. The van der Waals surface area contributed by atoms with E-state index in [0.717, 1.165) is 18.4 Å². The summed E-state index contributed by atoms with van der Waals surface area (Å²) in [4.78, 5) is 17.0. The first-order valence-corrected chi connectivity index (χ1v) is 9.32. The fourth-order valence-corrected chi connectivity index (χ4v) is 3.38. The lowest BCUT2D eigenvalue weighted by Gasteiger charge is -2.13. The monoisotopic (exact) mass is 410 g/mol. The standard InChI is InChI=1S/C20H16F2N6O2/c21-20(22)30-16-5-4-12(11-2-3-11)8-13(16)17-15(10-24-27-17)26-19(29)14-9-25-28-7-1-6-23-18(14)28/h1,4-11,20H,2-3H2,(H,24,27)(H,26,29). The molecule has 4 aromatic rings. The van der Waals surface area contributed by atoms with Crippen LogP contribution in [0.4, 0.5) is 14.5 Å². The van der Waals surface area contributed by atoms with Crippen LogP contribution in [0, 0.1) is 0 Å². The molecule has 0 saturated heterocycles. The lowest BCUT2D eigenvalue weighted by atomic mass is 10.0. The number of carbonyl (C=O) groups is 1. The van der Waals surface area contributed by atoms with Crippen LogP contribution in [0.1, 0.15) is 34.7 Å². The van der Waals surface area contributed by atoms with Crippen molar-refractivity contribution in [2.24, 2.45) is 0 Å². The van der Waals surface area contributed by atoms with Crippen molar-refractivity contribution in [2.75, 3.05) is 5.32 Å². The van der Waals surface area contributed by atoms with Gasteiger partial charge in [0, 0.05) is 18.0 Å². The van der Waals surface area contributed by atoms with Gasteiger partial charge in [-0.05, 0) is 42.5 Å². The number of fused-ring (bicyclic) bond motifs is 1. The third kappa shape index (κ3) is 3.36. The normalized spacial score (nSPS) is 13.7. The minimum atomic E-state index is -2.97. The second-order valence-corrected chi connectivity index (χ2v) is 6.97. The average Bonchev–Trinajstić information content (AvgIpc) is 3.33. The molecule has 0 radical (unpaired) electrons. The molecular formula is C20H16F2N6O2. The van der Waals surface area contributed by atoms with E-state index >= 15 is 0 Å². The fourth-order valence-electron chi connectivity index (χ4n) is 3.38. The van der Waals surface area contributed by atoms with Gasteiger partial charge in [0.2, 0.25) is 0 Å². The second-order valence-electron chi connectivity index (χ2n) is 6.97. The number of aromatic nitrogens is 5. The molecule has 8 nitrogen and oxygen atoms in total. The minimum Gasteiger partial charge on any atom is -0.434 e. The van der Waals surface area contributed by atoms with Crippen LogP contribution in [0.25, 0.3) is 16.9 Å². The number of H-pyrrole nitrogens is 1. The molecular weight excluding hydrogens is 394 g/mol. The van der Waals surface area contributed by atoms with E-state index in [0.29, 0.717) is 28.5 Å². The van der Waals surface area contributed by atoms with Crippen molar-refractivity contribution in [2.45, 2.75) is 25.4 Å². The number of carbonyl (C=O) groups excluding carboxylic acids is 1. The molecule has 1 amide bonds. The zero-order valence-corrected chi connectivity index (χ0v) is 15.5. The summed E-state index contributed by atoms with van der Waals surface area (Å²) in [6.07, 6.45) is 8.19. The van der Waals surface area contributed by atoms with E-state index < -0.39 is 12.5 Å². The van der Waals surface area contributed by atoms with Crippen molar-refractivity contribution in [3.8, 4) is 17.0 Å². The van der Waals surface area contributed by atoms with Crippen LogP contribution in [-0.4, -0.2) is 37.3 Å². The van der Waals surface area contributed by atoms with Crippen LogP contribution in [0.2, 0.25) is 0 Å². The lowest BCUT2D eigenvalue weighted by Crippen LogP contribution is -2.12. The van der Waals surface area contributed by atoms with Gasteiger partial charge in [0.15, 0.2) is 5.65 Å². The summed E-state index contributed by atoms with van der Waals surface area (Å²) in [6.45, 7) is -2.97. The summed E-state index contributed by atoms with van der Waals surface area (Å²) in [5.41, 5.74) is 2.83. The summed E-state index contributed by atoms with van der Waals surface area (Å²) < 4.78 is 32.0. The van der Waals surface area contributed by atoms with Crippen LogP contribution in [-0.2, 0) is 0 Å². The molecule has 0 spiro atoms. The Morgan fingerprint density at radius 2 is 2.17 bits per heavy atom. The number of anilines is 1. The number of ether oxygens (including phenoxy) is 1. The van der Waals surface area contributed by atoms with Gasteiger partial charge < -0.3 is 10.1 Å². The van der Waals surface area contributed by atoms with Crippen LogP contribution in [0.3, 0.4) is 0 Å². The Bertz CT molecular complexity index is 1230. The first-order valence-electron chi connectivity index (χ1n) is 9.32. The Hall–Kier alpha value is -3.82. The number of hydrogen-bond acceptors (Lipinski definition) is 5. The number of amides is 1. The van der Waals surface area contributed by atoms with Crippen LogP contribution in [0.15, 0.2) is 49.1 Å². The van der Waals surface area contributed by atoms with E-state index in [1.807, 2.05) is 0 Å². The van der Waals surface area contributed by atoms with Crippen molar-refractivity contribution in [3.05, 3.63) is 60.2 Å². The van der Waals surface area contributed by atoms with Gasteiger partial charge in [-0.2, -0.15) is 19.0 Å². The molecule has 0 atom stereocenters. The van der Waals surface area contributed by atoms with Crippen LogP contribution < -0.4 is 10.1 Å². The van der Waals surface area contributed by atoms with E-state index in [1.165, 1.54) is 23.0 Å². The Morgan fingerprint density at radius 3 is 2.97 bits per heavy atom. The summed E-state index contributed by atoms with van der Waals surface area (Å²) in [6, 6.07) is 6.82. The van der Waals surface area contributed by atoms with Crippen molar-refractivity contribution in [1.29, 1.82) is 0 Å². The third-order valence-corrected chi connectivity index (χ3v) is 4.95. The van der Waals surface area contributed by atoms with Gasteiger partial charge in [-0.15, -0.1) is 0 Å². The number of alkyl halides is 2. The molecule has 152 valence electrons. The fraction of sp³-hybridized carbons (Fsp3) is 0.200. The number of aromatic amines is 1. The Kier molecular flexibility index (Phi) is 4.38. The first kappa shape index (κ1) is 18.2. The molecule has 1 aliphatic carbocycles. The van der Waals surface area contributed by atoms with Crippen LogP contribution in [0.5, 0.6) is 5.75 Å². The van der Waals surface area contributed by atoms with Gasteiger partial charge in [0.05, 0.1) is 23.8 Å². The van der Waals surface area contributed by atoms with Crippen molar-refractivity contribution < 1.29 is 18.3 Å². The SMILES string of the molecule is O=C(Nc1cn[nH]c1-c1cc(C2CC2)ccc1OC(F)F)c1cnn2cccnc12. The van der Waals surface area contributed by atoms with E-state index in [4.69, 9.17) is 4.74 Å². The van der Waals surface area contributed by atoms with Crippen molar-refractivity contribution in [1.82, 2.24) is 24.8 Å². The molecule has 1 aromatic carbocycles. The molecule has 30 heavy (non-hydrogen) atoms. The zero-order valence-electron chi connectivity index (χ0n) is 15.5. The topological polar surface area (TPSA) is 97.2 Å². The molecule has 3 aromatic heterocycles. The molecule has 1 saturated carbocycles. The number of nitrogens with zero attached hydrogens (tertiary/aromatic N) is 4. The number of benzene rings is 1. The highest BCUT2D eigenvalue weighted by atomic mass is 19.3. The highest BCUT2D eigenvalue weighted by Gasteiger charge is 2.26. The predicted molar refractivity (Wildman–Crippen MR) is 104 cm³/mol. The maximum atomic E-state index is 12.9. The maximum Gasteiger partial charge on any atom is 0.387 e. The Labute approximate surface area is 168 Å². The maximum absolute atomic E-state index is 12.9. The van der Waals surface area contributed by atoms with Gasteiger partial charge in [-0.1, -0.05) is 6.07 Å². The van der Waals surface area contributed by atoms with Gasteiger partial charge in [-0.25, -0.2) is 9.50 Å². The summed E-state index contributed by atoms with van der Waals surface area (Å²) in [7, 11) is 0. The number of rotatable bonds is 6. The molecule has 2 N–H and O–H groups in total. The zero-order chi connectivity index (χ0) is 20.7. The minimum absolute atomic E-state index is 0.00630. The first-order chi connectivity index (χ1) is 14.6. The molecule has 0 unspecified atom stereocenters. The molecule has 1 aliphatic rings. The second kappa shape index (κ2) is 7.21. The molecule has 0 bridgehead atoms. The average molecular weight is 410 g/mol. The Balaban J connectivity index is 1.50. The van der Waals surface area contributed by atoms with Crippen LogP contribution >= 0.6 is 0 Å². The quantitative estimate of drug-likeness (QED) is 0.503. The van der Waals surface area contributed by atoms with Crippen molar-refractivity contribution >= 4 is 17.2 Å². The van der Waals surface area contributed by atoms with Gasteiger partial charge >= 0.3 is 6.61 Å². The largest absolute Gasteiger partial charge is 0.434 e. The van der Waals surface area contributed by atoms with E-state index in [-0.39, 0.29) is 11.3 Å².